The zero-order chi connectivity index (χ0) is 21.8. The molecule has 0 aromatic heterocycles. The van der Waals surface area contributed by atoms with Crippen molar-refractivity contribution in [3.05, 3.63) is 59.7 Å². The van der Waals surface area contributed by atoms with Crippen LogP contribution in [0.25, 0.3) is 0 Å². The number of hydrogen-bond donors (Lipinski definition) is 1. The van der Waals surface area contributed by atoms with E-state index >= 15 is 0 Å². The third-order valence-electron chi connectivity index (χ3n) is 6.49. The van der Waals surface area contributed by atoms with Crippen LogP contribution in [0.4, 0.5) is 16.2 Å². The Labute approximate surface area is 184 Å². The van der Waals surface area contributed by atoms with Gasteiger partial charge in [-0.2, -0.15) is 0 Å². The van der Waals surface area contributed by atoms with Gasteiger partial charge in [0.2, 0.25) is 0 Å². The fourth-order valence-corrected chi connectivity index (χ4v) is 4.79. The summed E-state index contributed by atoms with van der Waals surface area (Å²) in [6.45, 7) is 8.65. The first-order valence-corrected chi connectivity index (χ1v) is 11.4. The number of amides is 3. The SMILES string of the molecule is CCN(CC)C1CCN(C(=O)Nc2ccc3c(c2)CCCN3C(=O)c2ccccc2)C1. The lowest BCUT2D eigenvalue weighted by molar-refractivity contribution is 0.0985. The summed E-state index contributed by atoms with van der Waals surface area (Å²) in [7, 11) is 0. The molecule has 1 N–H and O–H groups in total. The predicted octanol–water partition coefficient (Wildman–Crippen LogP) is 4.23. The topological polar surface area (TPSA) is 55.9 Å². The van der Waals surface area contributed by atoms with Crippen LogP contribution in [0.1, 0.15) is 42.6 Å². The lowest BCUT2D eigenvalue weighted by Gasteiger charge is -2.30. The minimum atomic E-state index is -0.0392. The van der Waals surface area contributed by atoms with Gasteiger partial charge in [0.25, 0.3) is 5.91 Å². The second-order valence-corrected chi connectivity index (χ2v) is 8.31. The standard InChI is InChI=1S/C25H32N4O2/c1-3-27(4-2)22-14-16-28(18-22)25(31)26-21-12-13-23-20(17-21)11-8-15-29(23)24(30)19-9-6-5-7-10-19/h5-7,9-10,12-13,17,22H,3-4,8,11,14-16,18H2,1-2H3,(H,26,31). The lowest BCUT2D eigenvalue weighted by atomic mass is 10.00. The number of anilines is 2. The molecule has 164 valence electrons. The van der Waals surface area contributed by atoms with E-state index in [0.29, 0.717) is 18.2 Å². The molecule has 0 spiro atoms. The number of nitrogens with one attached hydrogen (secondary N) is 1. The molecule has 6 nitrogen and oxygen atoms in total. The first-order chi connectivity index (χ1) is 15.1. The number of likely N-dealkylation sites (tertiary alicyclic amines) is 1. The van der Waals surface area contributed by atoms with Crippen LogP contribution in [0, 0.1) is 0 Å². The highest BCUT2D eigenvalue weighted by atomic mass is 16.2. The minimum absolute atomic E-state index is 0.0258. The average molecular weight is 421 g/mol. The Bertz CT molecular complexity index is 926. The number of carbonyl (C=O) groups is 2. The number of fused-ring (bicyclic) bond motifs is 1. The second-order valence-electron chi connectivity index (χ2n) is 8.31. The van der Waals surface area contributed by atoms with Crippen LogP contribution in [0.3, 0.4) is 0 Å². The van der Waals surface area contributed by atoms with Gasteiger partial charge in [0, 0.05) is 42.6 Å². The van der Waals surface area contributed by atoms with Crippen molar-refractivity contribution in [1.29, 1.82) is 0 Å². The number of nitrogens with zero attached hydrogens (tertiary/aromatic N) is 3. The average Bonchev–Trinajstić information content (AvgIpc) is 3.30. The molecule has 4 rings (SSSR count). The summed E-state index contributed by atoms with van der Waals surface area (Å²) in [6.07, 6.45) is 2.85. The van der Waals surface area contributed by atoms with Crippen LogP contribution in [-0.2, 0) is 6.42 Å². The summed E-state index contributed by atoms with van der Waals surface area (Å²) in [5.41, 5.74) is 3.55. The first-order valence-electron chi connectivity index (χ1n) is 11.4. The highest BCUT2D eigenvalue weighted by molar-refractivity contribution is 6.07. The zero-order valence-corrected chi connectivity index (χ0v) is 18.5. The molecule has 6 heteroatoms. The molecule has 2 heterocycles. The van der Waals surface area contributed by atoms with E-state index in [1.165, 1.54) is 0 Å². The highest BCUT2D eigenvalue weighted by Gasteiger charge is 2.29. The molecule has 1 saturated heterocycles. The Kier molecular flexibility index (Phi) is 6.56. The summed E-state index contributed by atoms with van der Waals surface area (Å²) >= 11 is 0. The van der Waals surface area contributed by atoms with Crippen molar-refractivity contribution >= 4 is 23.3 Å². The van der Waals surface area contributed by atoms with Gasteiger partial charge < -0.3 is 15.1 Å². The maximum atomic E-state index is 13.0. The quantitative estimate of drug-likeness (QED) is 0.788. The molecule has 2 aromatic carbocycles. The van der Waals surface area contributed by atoms with E-state index in [4.69, 9.17) is 0 Å². The van der Waals surface area contributed by atoms with Gasteiger partial charge in [-0.15, -0.1) is 0 Å². The first kappa shape index (κ1) is 21.4. The fraction of sp³-hybridized carbons (Fsp3) is 0.440. The number of hydrogen-bond acceptors (Lipinski definition) is 3. The van der Waals surface area contributed by atoms with Crippen molar-refractivity contribution in [2.75, 3.05) is 42.9 Å². The number of carbonyl (C=O) groups excluding carboxylic acids is 2. The predicted molar refractivity (Wildman–Crippen MR) is 125 cm³/mol. The smallest absolute Gasteiger partial charge is 0.321 e. The normalized spacial score (nSPS) is 18.2. The van der Waals surface area contributed by atoms with Crippen molar-refractivity contribution < 1.29 is 9.59 Å². The summed E-state index contributed by atoms with van der Waals surface area (Å²) in [6, 6.07) is 15.7. The molecule has 1 atom stereocenters. The van der Waals surface area contributed by atoms with E-state index in [1.54, 1.807) is 0 Å². The highest BCUT2D eigenvalue weighted by Crippen LogP contribution is 2.31. The summed E-state index contributed by atoms with van der Waals surface area (Å²) in [4.78, 5) is 32.0. The molecule has 0 bridgehead atoms. The fourth-order valence-electron chi connectivity index (χ4n) is 4.79. The van der Waals surface area contributed by atoms with Gasteiger partial charge in [0.15, 0.2) is 0 Å². The van der Waals surface area contributed by atoms with E-state index in [-0.39, 0.29) is 11.9 Å². The third-order valence-corrected chi connectivity index (χ3v) is 6.49. The van der Waals surface area contributed by atoms with Crippen molar-refractivity contribution in [3.8, 4) is 0 Å². The van der Waals surface area contributed by atoms with E-state index in [0.717, 1.165) is 62.4 Å². The van der Waals surface area contributed by atoms with E-state index in [9.17, 15) is 9.59 Å². The van der Waals surface area contributed by atoms with Gasteiger partial charge >= 0.3 is 6.03 Å². The number of urea groups is 1. The van der Waals surface area contributed by atoms with Crippen LogP contribution < -0.4 is 10.2 Å². The molecule has 0 radical (unpaired) electrons. The summed E-state index contributed by atoms with van der Waals surface area (Å²) < 4.78 is 0. The molecule has 3 amide bonds. The van der Waals surface area contributed by atoms with E-state index in [2.05, 4.69) is 24.1 Å². The van der Waals surface area contributed by atoms with Crippen molar-refractivity contribution in [3.63, 3.8) is 0 Å². The third kappa shape index (κ3) is 4.59. The Hall–Kier alpha value is -2.86. The molecule has 0 saturated carbocycles. The van der Waals surface area contributed by atoms with Gasteiger partial charge in [-0.3, -0.25) is 9.69 Å². The van der Waals surface area contributed by atoms with Crippen LogP contribution >= 0.6 is 0 Å². The maximum absolute atomic E-state index is 13.0. The molecule has 31 heavy (non-hydrogen) atoms. The van der Waals surface area contributed by atoms with Crippen molar-refractivity contribution in [2.24, 2.45) is 0 Å². The molecular weight excluding hydrogens is 388 g/mol. The Morgan fingerprint density at radius 2 is 1.84 bits per heavy atom. The number of likely N-dealkylation sites (N-methyl/N-ethyl adjacent to an activating group) is 1. The Morgan fingerprint density at radius 3 is 2.58 bits per heavy atom. The monoisotopic (exact) mass is 420 g/mol. The molecule has 1 fully saturated rings. The largest absolute Gasteiger partial charge is 0.323 e. The molecule has 0 aliphatic carbocycles. The van der Waals surface area contributed by atoms with E-state index in [1.807, 2.05) is 58.3 Å². The molecule has 2 aromatic rings. The van der Waals surface area contributed by atoms with Crippen LogP contribution in [0.5, 0.6) is 0 Å². The molecule has 2 aliphatic heterocycles. The molecule has 1 unspecified atom stereocenters. The zero-order valence-electron chi connectivity index (χ0n) is 18.5. The van der Waals surface area contributed by atoms with Crippen LogP contribution in [-0.4, -0.2) is 60.5 Å². The minimum Gasteiger partial charge on any atom is -0.323 e. The second kappa shape index (κ2) is 9.52. The summed E-state index contributed by atoms with van der Waals surface area (Å²) in [5.74, 6) is 0.0258. The molecule has 2 aliphatic rings. The molecular formula is C25H32N4O2. The van der Waals surface area contributed by atoms with Gasteiger partial charge in [-0.1, -0.05) is 32.0 Å². The Morgan fingerprint density at radius 1 is 1.06 bits per heavy atom. The Balaban J connectivity index is 1.44. The van der Waals surface area contributed by atoms with Gasteiger partial charge in [0.05, 0.1) is 0 Å². The van der Waals surface area contributed by atoms with Gasteiger partial charge in [0.1, 0.15) is 0 Å². The maximum Gasteiger partial charge on any atom is 0.321 e. The lowest BCUT2D eigenvalue weighted by Crippen LogP contribution is -2.40. The van der Waals surface area contributed by atoms with Gasteiger partial charge in [-0.05, 0) is 68.2 Å². The van der Waals surface area contributed by atoms with Crippen molar-refractivity contribution in [2.45, 2.75) is 39.2 Å². The summed E-state index contributed by atoms with van der Waals surface area (Å²) in [5, 5.41) is 3.07. The van der Waals surface area contributed by atoms with E-state index < -0.39 is 0 Å². The van der Waals surface area contributed by atoms with Crippen LogP contribution in [0.2, 0.25) is 0 Å². The van der Waals surface area contributed by atoms with Gasteiger partial charge in [-0.25, -0.2) is 4.79 Å². The number of rotatable bonds is 5. The number of aryl methyl sites for hydroxylation is 1. The van der Waals surface area contributed by atoms with Crippen molar-refractivity contribution in [1.82, 2.24) is 9.80 Å². The van der Waals surface area contributed by atoms with Crippen LogP contribution in [0.15, 0.2) is 48.5 Å². The number of benzene rings is 2.